The topological polar surface area (TPSA) is 65.2 Å². The van der Waals surface area contributed by atoms with Crippen LogP contribution in [0.15, 0.2) is 18.3 Å². The van der Waals surface area contributed by atoms with E-state index in [0.29, 0.717) is 23.9 Å². The first-order chi connectivity index (χ1) is 7.75. The molecule has 16 heavy (non-hydrogen) atoms. The molecule has 1 aliphatic rings. The van der Waals surface area contributed by atoms with Gasteiger partial charge in [-0.25, -0.2) is 9.78 Å². The molecule has 0 amide bonds. The standard InChI is InChI=1S/C12H16N2O2/c13-11-7-10(5-6-14-11)12(15)16-8-9-3-1-2-4-9/h5-7,9H,1-4,8H2,(H2,13,14). The van der Waals surface area contributed by atoms with E-state index >= 15 is 0 Å². The van der Waals surface area contributed by atoms with Crippen LogP contribution in [-0.4, -0.2) is 17.6 Å². The van der Waals surface area contributed by atoms with Gasteiger partial charge in [-0.1, -0.05) is 12.8 Å². The lowest BCUT2D eigenvalue weighted by molar-refractivity contribution is 0.0442. The third kappa shape index (κ3) is 2.72. The Morgan fingerprint density at radius 2 is 2.25 bits per heavy atom. The van der Waals surface area contributed by atoms with Crippen molar-refractivity contribution < 1.29 is 9.53 Å². The summed E-state index contributed by atoms with van der Waals surface area (Å²) in [5, 5.41) is 0. The van der Waals surface area contributed by atoms with Crippen molar-refractivity contribution in [1.29, 1.82) is 0 Å². The van der Waals surface area contributed by atoms with Gasteiger partial charge in [0.1, 0.15) is 5.82 Å². The average molecular weight is 220 g/mol. The smallest absolute Gasteiger partial charge is 0.338 e. The van der Waals surface area contributed by atoms with Crippen LogP contribution in [0.5, 0.6) is 0 Å². The molecule has 0 bridgehead atoms. The molecule has 2 rings (SSSR count). The first-order valence-electron chi connectivity index (χ1n) is 5.64. The van der Waals surface area contributed by atoms with E-state index in [1.165, 1.54) is 37.9 Å². The van der Waals surface area contributed by atoms with Crippen LogP contribution < -0.4 is 5.73 Å². The quantitative estimate of drug-likeness (QED) is 0.791. The molecule has 0 unspecified atom stereocenters. The zero-order valence-corrected chi connectivity index (χ0v) is 9.19. The van der Waals surface area contributed by atoms with E-state index in [1.54, 1.807) is 6.07 Å². The van der Waals surface area contributed by atoms with E-state index in [0.717, 1.165) is 0 Å². The van der Waals surface area contributed by atoms with Gasteiger partial charge in [-0.15, -0.1) is 0 Å². The summed E-state index contributed by atoms with van der Waals surface area (Å²) in [7, 11) is 0. The van der Waals surface area contributed by atoms with E-state index in [2.05, 4.69) is 4.98 Å². The Morgan fingerprint density at radius 3 is 2.94 bits per heavy atom. The number of nitrogens with two attached hydrogens (primary N) is 1. The highest BCUT2D eigenvalue weighted by molar-refractivity contribution is 5.89. The number of nitrogens with zero attached hydrogens (tertiary/aromatic N) is 1. The van der Waals surface area contributed by atoms with Crippen molar-refractivity contribution in [3.05, 3.63) is 23.9 Å². The summed E-state index contributed by atoms with van der Waals surface area (Å²) in [6, 6.07) is 3.16. The van der Waals surface area contributed by atoms with Gasteiger partial charge < -0.3 is 10.5 Å². The molecule has 1 heterocycles. The molecule has 1 fully saturated rings. The summed E-state index contributed by atoms with van der Waals surface area (Å²) in [6.07, 6.45) is 6.37. The molecule has 0 aliphatic heterocycles. The lowest BCUT2D eigenvalue weighted by Crippen LogP contribution is -2.12. The Balaban J connectivity index is 1.87. The highest BCUT2D eigenvalue weighted by atomic mass is 16.5. The van der Waals surface area contributed by atoms with Crippen molar-refractivity contribution in [1.82, 2.24) is 4.98 Å². The predicted molar refractivity (Wildman–Crippen MR) is 60.9 cm³/mol. The van der Waals surface area contributed by atoms with Crippen molar-refractivity contribution >= 4 is 11.8 Å². The Hall–Kier alpha value is -1.58. The maximum Gasteiger partial charge on any atom is 0.338 e. The second-order valence-corrected chi connectivity index (χ2v) is 4.22. The lowest BCUT2D eigenvalue weighted by atomic mass is 10.1. The summed E-state index contributed by atoms with van der Waals surface area (Å²) >= 11 is 0. The number of esters is 1. The van der Waals surface area contributed by atoms with Crippen LogP contribution in [0, 0.1) is 5.92 Å². The van der Waals surface area contributed by atoms with Gasteiger partial charge in [0, 0.05) is 6.20 Å². The minimum atomic E-state index is -0.305. The highest BCUT2D eigenvalue weighted by Gasteiger charge is 2.17. The number of hydrogen-bond acceptors (Lipinski definition) is 4. The van der Waals surface area contributed by atoms with Crippen LogP contribution in [0.1, 0.15) is 36.0 Å². The molecule has 0 saturated heterocycles. The second kappa shape index (κ2) is 4.96. The minimum Gasteiger partial charge on any atom is -0.462 e. The first kappa shape index (κ1) is 10.9. The van der Waals surface area contributed by atoms with Crippen LogP contribution in [-0.2, 0) is 4.74 Å². The fourth-order valence-corrected chi connectivity index (χ4v) is 2.03. The number of carbonyl (C=O) groups is 1. The van der Waals surface area contributed by atoms with Gasteiger partial charge in [0.25, 0.3) is 0 Å². The molecule has 1 aliphatic carbocycles. The number of ether oxygens (including phenoxy) is 1. The molecular weight excluding hydrogens is 204 g/mol. The molecule has 1 aromatic heterocycles. The number of pyridine rings is 1. The number of hydrogen-bond donors (Lipinski definition) is 1. The normalized spacial score (nSPS) is 16.2. The van der Waals surface area contributed by atoms with Crippen molar-refractivity contribution in [2.24, 2.45) is 5.92 Å². The molecular formula is C12H16N2O2. The lowest BCUT2D eigenvalue weighted by Gasteiger charge is -2.09. The third-order valence-corrected chi connectivity index (χ3v) is 2.94. The maximum atomic E-state index is 11.6. The summed E-state index contributed by atoms with van der Waals surface area (Å²) < 4.78 is 5.24. The summed E-state index contributed by atoms with van der Waals surface area (Å²) in [4.78, 5) is 15.5. The van der Waals surface area contributed by atoms with Gasteiger partial charge in [0.05, 0.1) is 12.2 Å². The SMILES string of the molecule is Nc1cc(C(=O)OCC2CCCC2)ccn1. The Morgan fingerprint density at radius 1 is 1.50 bits per heavy atom. The number of anilines is 1. The Kier molecular flexibility index (Phi) is 3.39. The number of rotatable bonds is 3. The molecule has 1 aromatic rings. The van der Waals surface area contributed by atoms with Gasteiger partial charge >= 0.3 is 5.97 Å². The molecule has 2 N–H and O–H groups in total. The van der Waals surface area contributed by atoms with Gasteiger partial charge in [0.2, 0.25) is 0 Å². The fourth-order valence-electron chi connectivity index (χ4n) is 2.03. The summed E-state index contributed by atoms with van der Waals surface area (Å²) in [5.74, 6) is 0.583. The molecule has 4 heteroatoms. The van der Waals surface area contributed by atoms with Crippen LogP contribution in [0.3, 0.4) is 0 Å². The Bertz CT molecular complexity index is 373. The summed E-state index contributed by atoms with van der Waals surface area (Å²) in [6.45, 7) is 0.529. The molecule has 0 aromatic carbocycles. The fraction of sp³-hybridized carbons (Fsp3) is 0.500. The van der Waals surface area contributed by atoms with Gasteiger partial charge in [-0.3, -0.25) is 0 Å². The second-order valence-electron chi connectivity index (χ2n) is 4.22. The van der Waals surface area contributed by atoms with Crippen LogP contribution in [0.4, 0.5) is 5.82 Å². The number of carbonyl (C=O) groups excluding carboxylic acids is 1. The minimum absolute atomic E-state index is 0.305. The maximum absolute atomic E-state index is 11.6. The molecule has 1 saturated carbocycles. The highest BCUT2D eigenvalue weighted by Crippen LogP contribution is 2.24. The van der Waals surface area contributed by atoms with E-state index in [1.807, 2.05) is 0 Å². The molecule has 0 radical (unpaired) electrons. The van der Waals surface area contributed by atoms with Crippen molar-refractivity contribution in [3.63, 3.8) is 0 Å². The van der Waals surface area contributed by atoms with E-state index < -0.39 is 0 Å². The van der Waals surface area contributed by atoms with Crippen LogP contribution in [0.2, 0.25) is 0 Å². The van der Waals surface area contributed by atoms with E-state index in [4.69, 9.17) is 10.5 Å². The third-order valence-electron chi connectivity index (χ3n) is 2.94. The van der Waals surface area contributed by atoms with Crippen molar-refractivity contribution in [2.45, 2.75) is 25.7 Å². The number of nitrogen functional groups attached to an aromatic ring is 1. The number of aromatic nitrogens is 1. The van der Waals surface area contributed by atoms with Gasteiger partial charge in [0.15, 0.2) is 0 Å². The Labute approximate surface area is 94.8 Å². The molecule has 0 spiro atoms. The van der Waals surface area contributed by atoms with Crippen molar-refractivity contribution in [3.8, 4) is 0 Å². The van der Waals surface area contributed by atoms with Gasteiger partial charge in [-0.05, 0) is 30.9 Å². The molecule has 86 valence electrons. The molecule has 4 nitrogen and oxygen atoms in total. The zero-order valence-electron chi connectivity index (χ0n) is 9.19. The monoisotopic (exact) mass is 220 g/mol. The van der Waals surface area contributed by atoms with Crippen LogP contribution >= 0.6 is 0 Å². The summed E-state index contributed by atoms with van der Waals surface area (Å²) in [5.41, 5.74) is 5.97. The van der Waals surface area contributed by atoms with Gasteiger partial charge in [-0.2, -0.15) is 0 Å². The van der Waals surface area contributed by atoms with Crippen molar-refractivity contribution in [2.75, 3.05) is 12.3 Å². The average Bonchev–Trinajstić information content (AvgIpc) is 2.78. The largest absolute Gasteiger partial charge is 0.462 e. The first-order valence-corrected chi connectivity index (χ1v) is 5.64. The molecule has 0 atom stereocenters. The predicted octanol–water partition coefficient (Wildman–Crippen LogP) is 2.01. The van der Waals surface area contributed by atoms with E-state index in [-0.39, 0.29) is 5.97 Å². The zero-order chi connectivity index (χ0) is 11.4. The van der Waals surface area contributed by atoms with E-state index in [9.17, 15) is 4.79 Å². The van der Waals surface area contributed by atoms with Crippen LogP contribution in [0.25, 0.3) is 0 Å².